The van der Waals surface area contributed by atoms with Gasteiger partial charge in [0.2, 0.25) is 4.34 Å². The third-order valence-electron chi connectivity index (χ3n) is 4.15. The lowest BCUT2D eigenvalue weighted by Crippen LogP contribution is -2.58. The largest absolute Gasteiger partial charge is 0.379 e. The molecule has 0 aromatic carbocycles. The lowest BCUT2D eigenvalue weighted by atomic mass is 10.2. The molecule has 2 unspecified atom stereocenters. The highest BCUT2D eigenvalue weighted by Gasteiger charge is 2.33. The molecule has 2 aliphatic heterocycles. The number of hydrogen-bond donors (Lipinski definition) is 1. The van der Waals surface area contributed by atoms with Crippen molar-refractivity contribution >= 4 is 21.4 Å². The molecule has 7 nitrogen and oxygen atoms in total. The minimum atomic E-state index is -3.45. The molecule has 3 heterocycles. The van der Waals surface area contributed by atoms with Crippen LogP contribution in [0.25, 0.3) is 0 Å². The number of morpholine rings is 1. The van der Waals surface area contributed by atoms with Crippen LogP contribution in [0.3, 0.4) is 0 Å². The molecule has 22 heavy (non-hydrogen) atoms. The van der Waals surface area contributed by atoms with Crippen molar-refractivity contribution in [2.45, 2.75) is 23.3 Å². The zero-order valence-corrected chi connectivity index (χ0v) is 14.3. The van der Waals surface area contributed by atoms with Gasteiger partial charge in [0, 0.05) is 56.4 Å². The SMILES string of the molecule is CC1COCCN1CC1CN(S(=O)(=O)c2nccs2)CCN1. The van der Waals surface area contributed by atoms with E-state index >= 15 is 0 Å². The van der Waals surface area contributed by atoms with Crippen molar-refractivity contribution in [2.75, 3.05) is 45.9 Å². The quantitative estimate of drug-likeness (QED) is 0.816. The average molecular weight is 346 g/mol. The molecule has 0 saturated carbocycles. The van der Waals surface area contributed by atoms with Crippen LogP contribution in [0, 0.1) is 0 Å². The van der Waals surface area contributed by atoms with E-state index in [2.05, 4.69) is 22.1 Å². The summed E-state index contributed by atoms with van der Waals surface area (Å²) in [4.78, 5) is 6.32. The first-order valence-corrected chi connectivity index (χ1v) is 9.84. The Bertz CT molecular complexity index is 578. The van der Waals surface area contributed by atoms with Crippen LogP contribution in [0.1, 0.15) is 6.92 Å². The monoisotopic (exact) mass is 346 g/mol. The van der Waals surface area contributed by atoms with Crippen LogP contribution in [0.4, 0.5) is 0 Å². The molecule has 2 fully saturated rings. The van der Waals surface area contributed by atoms with Crippen molar-refractivity contribution in [1.82, 2.24) is 19.5 Å². The van der Waals surface area contributed by atoms with Gasteiger partial charge in [-0.05, 0) is 6.92 Å². The number of nitrogens with zero attached hydrogens (tertiary/aromatic N) is 3. The molecule has 2 aliphatic rings. The lowest BCUT2D eigenvalue weighted by molar-refractivity contribution is -0.00617. The van der Waals surface area contributed by atoms with Crippen LogP contribution < -0.4 is 5.32 Å². The predicted molar refractivity (Wildman–Crippen MR) is 84.5 cm³/mol. The summed E-state index contributed by atoms with van der Waals surface area (Å²) in [6, 6.07) is 0.519. The summed E-state index contributed by atoms with van der Waals surface area (Å²) >= 11 is 1.17. The van der Waals surface area contributed by atoms with Crippen LogP contribution >= 0.6 is 11.3 Å². The summed E-state index contributed by atoms with van der Waals surface area (Å²) in [6.45, 7) is 7.04. The van der Waals surface area contributed by atoms with Gasteiger partial charge >= 0.3 is 0 Å². The maximum Gasteiger partial charge on any atom is 0.270 e. The van der Waals surface area contributed by atoms with Crippen LogP contribution in [0.15, 0.2) is 15.9 Å². The van der Waals surface area contributed by atoms with Gasteiger partial charge in [-0.15, -0.1) is 11.3 Å². The zero-order valence-electron chi connectivity index (χ0n) is 12.6. The fraction of sp³-hybridized carbons (Fsp3) is 0.769. The van der Waals surface area contributed by atoms with Crippen LogP contribution in [0.5, 0.6) is 0 Å². The Hall–Kier alpha value is -0.580. The molecular weight excluding hydrogens is 324 g/mol. The van der Waals surface area contributed by atoms with Crippen molar-refractivity contribution in [2.24, 2.45) is 0 Å². The minimum absolute atomic E-state index is 0.143. The second kappa shape index (κ2) is 6.90. The molecule has 3 rings (SSSR count). The van der Waals surface area contributed by atoms with Crippen molar-refractivity contribution in [1.29, 1.82) is 0 Å². The Morgan fingerprint density at radius 1 is 1.50 bits per heavy atom. The summed E-state index contributed by atoms with van der Waals surface area (Å²) < 4.78 is 32.3. The zero-order chi connectivity index (χ0) is 15.6. The Morgan fingerprint density at radius 2 is 2.36 bits per heavy atom. The summed E-state index contributed by atoms with van der Waals surface area (Å²) in [5.41, 5.74) is 0. The molecular formula is C13H22N4O3S2. The maximum absolute atomic E-state index is 12.6. The molecule has 1 aromatic rings. The number of nitrogens with one attached hydrogen (secondary N) is 1. The van der Waals surface area contributed by atoms with Gasteiger partial charge in [0.1, 0.15) is 0 Å². The molecule has 0 amide bonds. The second-order valence-corrected chi connectivity index (χ2v) is 8.74. The van der Waals surface area contributed by atoms with E-state index in [0.717, 1.165) is 26.3 Å². The van der Waals surface area contributed by atoms with Crippen LogP contribution in [-0.4, -0.2) is 80.6 Å². The first-order chi connectivity index (χ1) is 10.6. The van der Waals surface area contributed by atoms with Gasteiger partial charge in [-0.2, -0.15) is 4.31 Å². The highest BCUT2D eigenvalue weighted by Crippen LogP contribution is 2.19. The van der Waals surface area contributed by atoms with E-state index in [1.807, 2.05) is 0 Å². The highest BCUT2D eigenvalue weighted by molar-refractivity contribution is 7.91. The molecule has 0 spiro atoms. The van der Waals surface area contributed by atoms with Crippen molar-refractivity contribution in [3.8, 4) is 0 Å². The lowest BCUT2D eigenvalue weighted by Gasteiger charge is -2.39. The normalized spacial score (nSPS) is 28.8. The number of ether oxygens (including phenoxy) is 1. The van der Waals surface area contributed by atoms with E-state index in [1.54, 1.807) is 9.69 Å². The summed E-state index contributed by atoms with van der Waals surface area (Å²) in [5.74, 6) is 0. The van der Waals surface area contributed by atoms with Gasteiger partial charge in [-0.1, -0.05) is 0 Å². The first-order valence-electron chi connectivity index (χ1n) is 7.52. The van der Waals surface area contributed by atoms with E-state index in [0.29, 0.717) is 25.7 Å². The van der Waals surface area contributed by atoms with Crippen molar-refractivity contribution < 1.29 is 13.2 Å². The summed E-state index contributed by atoms with van der Waals surface area (Å²) in [7, 11) is -3.45. The fourth-order valence-corrected chi connectivity index (χ4v) is 5.35. The molecule has 1 aromatic heterocycles. The Kier molecular flexibility index (Phi) is 5.10. The van der Waals surface area contributed by atoms with Gasteiger partial charge in [-0.25, -0.2) is 13.4 Å². The molecule has 124 valence electrons. The Labute approximate surface area is 135 Å². The number of sulfonamides is 1. The average Bonchev–Trinajstić information content (AvgIpc) is 3.05. The van der Waals surface area contributed by atoms with E-state index in [-0.39, 0.29) is 10.4 Å². The number of piperazine rings is 1. The van der Waals surface area contributed by atoms with Crippen molar-refractivity contribution in [3.05, 3.63) is 11.6 Å². The third-order valence-corrected chi connectivity index (χ3v) is 7.19. The van der Waals surface area contributed by atoms with E-state index in [4.69, 9.17) is 4.74 Å². The molecule has 0 radical (unpaired) electrons. The number of thiazole rings is 1. The Balaban J connectivity index is 1.64. The first kappa shape index (κ1) is 16.3. The van der Waals surface area contributed by atoms with Gasteiger partial charge in [-0.3, -0.25) is 4.90 Å². The smallest absolute Gasteiger partial charge is 0.270 e. The minimum Gasteiger partial charge on any atom is -0.379 e. The van der Waals surface area contributed by atoms with E-state index in [9.17, 15) is 8.42 Å². The predicted octanol–water partition coefficient (Wildman–Crippen LogP) is -0.174. The molecule has 2 saturated heterocycles. The van der Waals surface area contributed by atoms with Gasteiger partial charge in [0.15, 0.2) is 0 Å². The standard InChI is InChI=1S/C13H22N4O3S2/c1-11-10-20-6-5-16(11)8-12-9-17(4-2-14-12)22(18,19)13-15-3-7-21-13/h3,7,11-12,14H,2,4-6,8-10H2,1H3. The van der Waals surface area contributed by atoms with Crippen LogP contribution in [0.2, 0.25) is 0 Å². The third kappa shape index (κ3) is 3.50. The van der Waals surface area contributed by atoms with Gasteiger partial charge in [0.25, 0.3) is 10.0 Å². The van der Waals surface area contributed by atoms with E-state index < -0.39 is 10.0 Å². The second-order valence-electron chi connectivity index (χ2n) is 5.73. The maximum atomic E-state index is 12.6. The number of hydrogen-bond acceptors (Lipinski definition) is 7. The fourth-order valence-electron chi connectivity index (χ4n) is 2.90. The number of aromatic nitrogens is 1. The van der Waals surface area contributed by atoms with Crippen molar-refractivity contribution in [3.63, 3.8) is 0 Å². The molecule has 2 atom stereocenters. The molecule has 9 heteroatoms. The summed E-state index contributed by atoms with van der Waals surface area (Å²) in [6.07, 6.45) is 1.53. The topological polar surface area (TPSA) is 74.8 Å². The molecule has 0 aliphatic carbocycles. The number of rotatable bonds is 4. The molecule has 0 bridgehead atoms. The summed E-state index contributed by atoms with van der Waals surface area (Å²) in [5, 5.41) is 5.13. The van der Waals surface area contributed by atoms with E-state index in [1.165, 1.54) is 17.5 Å². The van der Waals surface area contributed by atoms with Gasteiger partial charge in [0.05, 0.1) is 13.2 Å². The molecule has 1 N–H and O–H groups in total. The highest BCUT2D eigenvalue weighted by atomic mass is 32.2. The van der Waals surface area contributed by atoms with Crippen LogP contribution in [-0.2, 0) is 14.8 Å². The Morgan fingerprint density at radius 3 is 3.09 bits per heavy atom. The van der Waals surface area contributed by atoms with Gasteiger partial charge < -0.3 is 10.1 Å².